The minimum Gasteiger partial charge on any atom is -0.361 e. The molecule has 0 spiro atoms. The Hall–Kier alpha value is -5.97. The zero-order chi connectivity index (χ0) is 44.7. The largest absolute Gasteiger partial charge is 0.361 e. The summed E-state index contributed by atoms with van der Waals surface area (Å²) in [4.78, 5) is 41.2. The molecule has 0 bridgehead atoms. The molecule has 0 saturated heterocycles. The lowest BCUT2D eigenvalue weighted by atomic mass is 10.1. The second-order valence-corrected chi connectivity index (χ2v) is 28.6. The lowest BCUT2D eigenvalue weighted by Crippen LogP contribution is -2.22. The van der Waals surface area contributed by atoms with Crippen LogP contribution in [0.4, 0.5) is 17.6 Å². The molecule has 20 heteroatoms. The number of fused-ring (bicyclic) bond motifs is 4. The van der Waals surface area contributed by atoms with E-state index in [2.05, 4.69) is 69.4 Å². The number of nitrogens with zero attached hydrogens (tertiary/aromatic N) is 10. The average molecular weight is 887 g/mol. The highest BCUT2D eigenvalue weighted by Gasteiger charge is 2.22. The first-order valence-corrected chi connectivity index (χ1v) is 27.2. The Balaban J connectivity index is 0.000000186. The van der Waals surface area contributed by atoms with Crippen LogP contribution in [-0.2, 0) is 37.0 Å². The van der Waals surface area contributed by atoms with E-state index in [4.69, 9.17) is 9.47 Å². The SMILES string of the molecule is Cn1nc(-c2cnc3c(n2)c(C=O)cn3COCC[Si](C)(C)C)c2c(F)cc(F)cc21.Cn1nc(-c2cnc3c(n2)c(C=O)cn3COCC[Si](C)(C)C)c2c(F)cc(F)cc21. The van der Waals surface area contributed by atoms with E-state index in [1.54, 1.807) is 35.6 Å². The maximum Gasteiger partial charge on any atom is 0.161 e. The van der Waals surface area contributed by atoms with Crippen molar-refractivity contribution in [1.82, 2.24) is 48.6 Å². The topological polar surface area (TPSA) is 150 Å². The van der Waals surface area contributed by atoms with Crippen LogP contribution >= 0.6 is 0 Å². The number of carbonyl (C=O) groups is 2. The van der Waals surface area contributed by atoms with Crippen molar-refractivity contribution >= 4 is 72.9 Å². The van der Waals surface area contributed by atoms with E-state index in [1.807, 2.05) is 0 Å². The summed E-state index contributed by atoms with van der Waals surface area (Å²) in [6.45, 7) is 15.4. The second kappa shape index (κ2) is 17.4. The van der Waals surface area contributed by atoms with Gasteiger partial charge in [-0.2, -0.15) is 10.2 Å². The quantitative estimate of drug-likeness (QED) is 0.0449. The molecule has 0 aliphatic rings. The number of ether oxygens (including phenoxy) is 2. The van der Waals surface area contributed by atoms with Gasteiger partial charge in [-0.1, -0.05) is 39.3 Å². The predicted molar refractivity (Wildman–Crippen MR) is 233 cm³/mol. The summed E-state index contributed by atoms with van der Waals surface area (Å²) in [5, 5.41) is 8.92. The molecule has 2 aromatic carbocycles. The molecule has 14 nitrogen and oxygen atoms in total. The third kappa shape index (κ3) is 9.27. The van der Waals surface area contributed by atoms with E-state index in [0.717, 1.165) is 24.2 Å². The summed E-state index contributed by atoms with van der Waals surface area (Å²) in [6.07, 6.45) is 7.63. The summed E-state index contributed by atoms with van der Waals surface area (Å²) in [6, 6.07) is 6.11. The molecule has 0 radical (unpaired) electrons. The van der Waals surface area contributed by atoms with E-state index in [-0.39, 0.29) is 35.6 Å². The van der Waals surface area contributed by atoms with Crippen molar-refractivity contribution in [2.75, 3.05) is 13.2 Å². The van der Waals surface area contributed by atoms with Crippen LogP contribution < -0.4 is 0 Å². The summed E-state index contributed by atoms with van der Waals surface area (Å²) in [5.41, 5.74) is 4.11. The molecule has 6 heterocycles. The molecule has 6 aromatic heterocycles. The van der Waals surface area contributed by atoms with Gasteiger partial charge in [0.05, 0.1) is 45.3 Å². The van der Waals surface area contributed by atoms with E-state index >= 15 is 0 Å². The third-order valence-electron chi connectivity index (χ3n) is 10.1. The highest BCUT2D eigenvalue weighted by atomic mass is 28.3. The Kier molecular flexibility index (Phi) is 12.4. The molecule has 0 saturated carbocycles. The van der Waals surface area contributed by atoms with Crippen LogP contribution in [-0.4, -0.2) is 90.6 Å². The van der Waals surface area contributed by atoms with Crippen LogP contribution in [0.5, 0.6) is 0 Å². The number of benzene rings is 2. The van der Waals surface area contributed by atoms with Gasteiger partial charge in [0.2, 0.25) is 0 Å². The van der Waals surface area contributed by atoms with Crippen LogP contribution in [0.3, 0.4) is 0 Å². The van der Waals surface area contributed by atoms with Crippen molar-refractivity contribution in [3.63, 3.8) is 0 Å². The molecule has 0 amide bonds. The highest BCUT2D eigenvalue weighted by Crippen LogP contribution is 2.32. The molecule has 0 unspecified atom stereocenters. The fourth-order valence-electron chi connectivity index (χ4n) is 6.80. The van der Waals surface area contributed by atoms with E-state index < -0.39 is 39.4 Å². The normalized spacial score (nSPS) is 12.2. The van der Waals surface area contributed by atoms with Crippen molar-refractivity contribution < 1.29 is 36.6 Å². The summed E-state index contributed by atoms with van der Waals surface area (Å²) in [7, 11) is 0.786. The van der Waals surface area contributed by atoms with Gasteiger partial charge in [0, 0.05) is 68.0 Å². The molecule has 0 fully saturated rings. The zero-order valence-electron chi connectivity index (χ0n) is 35.6. The molecule has 0 N–H and O–H groups in total. The molecule has 8 aromatic rings. The van der Waals surface area contributed by atoms with Crippen molar-refractivity contribution in [3.05, 3.63) is 83.4 Å². The summed E-state index contributed by atoms with van der Waals surface area (Å²) >= 11 is 0. The van der Waals surface area contributed by atoms with Crippen LogP contribution in [0.15, 0.2) is 49.1 Å². The molecular weight excluding hydrogens is 841 g/mol. The average Bonchev–Trinajstić information content (AvgIpc) is 3.94. The maximum absolute atomic E-state index is 14.5. The monoisotopic (exact) mass is 886 g/mol. The minimum atomic E-state index is -1.21. The van der Waals surface area contributed by atoms with E-state index in [1.165, 1.54) is 33.9 Å². The van der Waals surface area contributed by atoms with Gasteiger partial charge in [-0.05, 0) is 24.2 Å². The number of aryl methyl sites for hydroxylation is 2. The summed E-state index contributed by atoms with van der Waals surface area (Å²) in [5.74, 6) is -2.83. The summed E-state index contributed by atoms with van der Waals surface area (Å²) < 4.78 is 74.1. The van der Waals surface area contributed by atoms with Gasteiger partial charge >= 0.3 is 0 Å². The first kappa shape index (κ1) is 44.1. The van der Waals surface area contributed by atoms with Crippen LogP contribution in [0.1, 0.15) is 20.7 Å². The smallest absolute Gasteiger partial charge is 0.161 e. The molecule has 62 heavy (non-hydrogen) atoms. The Morgan fingerprint density at radius 1 is 0.613 bits per heavy atom. The molecular formula is C42H46F4N10O4Si2. The Morgan fingerprint density at radius 2 is 1.00 bits per heavy atom. The molecule has 8 rings (SSSR count). The van der Waals surface area contributed by atoms with E-state index in [0.29, 0.717) is 81.7 Å². The Labute approximate surface area is 355 Å². The van der Waals surface area contributed by atoms with Gasteiger partial charge in [0.25, 0.3) is 0 Å². The maximum atomic E-state index is 14.5. The van der Waals surface area contributed by atoms with Gasteiger partial charge < -0.3 is 18.6 Å². The molecule has 0 aliphatic carbocycles. The lowest BCUT2D eigenvalue weighted by molar-refractivity contribution is 0.0895. The van der Waals surface area contributed by atoms with Crippen LogP contribution in [0, 0.1) is 23.3 Å². The fourth-order valence-corrected chi connectivity index (χ4v) is 8.31. The molecule has 0 atom stereocenters. The van der Waals surface area contributed by atoms with Crippen molar-refractivity contribution in [2.24, 2.45) is 14.1 Å². The van der Waals surface area contributed by atoms with Crippen molar-refractivity contribution in [1.29, 1.82) is 0 Å². The number of carbonyl (C=O) groups excluding carboxylic acids is 2. The van der Waals surface area contributed by atoms with Gasteiger partial charge in [0.15, 0.2) is 23.9 Å². The number of hydrogen-bond acceptors (Lipinski definition) is 10. The van der Waals surface area contributed by atoms with Gasteiger partial charge in [-0.15, -0.1) is 0 Å². The Bertz CT molecular complexity index is 2790. The predicted octanol–water partition coefficient (Wildman–Crippen LogP) is 8.78. The second-order valence-electron chi connectivity index (χ2n) is 17.4. The number of halogens is 4. The first-order chi connectivity index (χ1) is 29.3. The standard InChI is InChI=1S/2C21H23F2N5O2Si/c2*1-27-17-8-14(22)7-15(23)18(17)20(26-27)16-9-24-21-19(25-16)13(11-29)10-28(21)12-30-5-6-31(2,3)4/h2*7-11H,5-6,12H2,1-4H3. The number of hydrogen-bond donors (Lipinski definition) is 0. The number of aromatic nitrogens is 10. The number of rotatable bonds is 14. The molecule has 324 valence electrons. The number of aldehydes is 2. The Morgan fingerprint density at radius 3 is 1.35 bits per heavy atom. The molecule has 0 aliphatic heterocycles. The van der Waals surface area contributed by atoms with E-state index in [9.17, 15) is 27.2 Å². The zero-order valence-corrected chi connectivity index (χ0v) is 37.6. The lowest BCUT2D eigenvalue weighted by Gasteiger charge is -2.15. The fraction of sp³-hybridized carbons (Fsp3) is 0.333. The van der Waals surface area contributed by atoms with Crippen LogP contribution in [0.25, 0.3) is 66.9 Å². The van der Waals surface area contributed by atoms with Gasteiger partial charge in [0.1, 0.15) is 70.5 Å². The first-order valence-electron chi connectivity index (χ1n) is 19.8. The van der Waals surface area contributed by atoms with Crippen molar-refractivity contribution in [2.45, 2.75) is 64.8 Å². The van der Waals surface area contributed by atoms with Gasteiger partial charge in [-0.25, -0.2) is 37.5 Å². The highest BCUT2D eigenvalue weighted by molar-refractivity contribution is 6.76. The third-order valence-corrected chi connectivity index (χ3v) is 13.5. The minimum absolute atomic E-state index is 0.152. The van der Waals surface area contributed by atoms with Crippen LogP contribution in [0.2, 0.25) is 51.4 Å². The van der Waals surface area contributed by atoms with Crippen molar-refractivity contribution in [3.8, 4) is 22.8 Å². The van der Waals surface area contributed by atoms with Gasteiger partial charge in [-0.3, -0.25) is 19.0 Å².